The van der Waals surface area contributed by atoms with E-state index in [-0.39, 0.29) is 10.3 Å². The summed E-state index contributed by atoms with van der Waals surface area (Å²) in [7, 11) is -3.66. The van der Waals surface area contributed by atoms with Gasteiger partial charge in [-0.1, -0.05) is 43.1 Å². The van der Waals surface area contributed by atoms with Crippen molar-refractivity contribution in [2.24, 2.45) is 11.3 Å². The molecule has 0 fully saturated rings. The highest BCUT2D eigenvalue weighted by atomic mass is 79.9. The van der Waals surface area contributed by atoms with Crippen molar-refractivity contribution < 1.29 is 12.8 Å². The largest absolute Gasteiger partial charge is 0.461 e. The molecule has 1 aliphatic carbocycles. The number of nitrogens with one attached hydrogen (secondary N) is 1. The third-order valence-electron chi connectivity index (χ3n) is 6.78. The summed E-state index contributed by atoms with van der Waals surface area (Å²) < 4.78 is 35.6. The Balaban J connectivity index is 1.72. The minimum absolute atomic E-state index is 0.240. The van der Waals surface area contributed by atoms with Crippen LogP contribution < -0.4 is 4.72 Å². The Labute approximate surface area is 187 Å². The Hall–Kier alpha value is -1.79. The molecule has 30 heavy (non-hydrogen) atoms. The Morgan fingerprint density at radius 1 is 1.20 bits per heavy atom. The van der Waals surface area contributed by atoms with Gasteiger partial charge in [0, 0.05) is 21.8 Å². The highest BCUT2D eigenvalue weighted by Crippen LogP contribution is 2.43. The van der Waals surface area contributed by atoms with Crippen LogP contribution in [0.4, 0.5) is 5.69 Å². The van der Waals surface area contributed by atoms with Crippen molar-refractivity contribution in [1.82, 2.24) is 0 Å². The summed E-state index contributed by atoms with van der Waals surface area (Å²) in [5.41, 5.74) is 3.81. The smallest absolute Gasteiger partial charge is 0.261 e. The third-order valence-corrected chi connectivity index (χ3v) is 8.69. The van der Waals surface area contributed by atoms with Gasteiger partial charge < -0.3 is 4.42 Å². The molecule has 6 heteroatoms. The first-order valence-corrected chi connectivity index (χ1v) is 12.7. The molecule has 0 spiro atoms. The zero-order valence-corrected chi connectivity index (χ0v) is 20.3. The number of rotatable bonds is 5. The van der Waals surface area contributed by atoms with Gasteiger partial charge >= 0.3 is 0 Å². The number of furan rings is 1. The first-order valence-electron chi connectivity index (χ1n) is 10.4. The van der Waals surface area contributed by atoms with Crippen molar-refractivity contribution in [3.8, 4) is 0 Å². The lowest BCUT2D eigenvalue weighted by molar-refractivity contribution is 0.179. The minimum atomic E-state index is -3.66. The van der Waals surface area contributed by atoms with Crippen LogP contribution in [0.2, 0.25) is 0 Å². The number of hydrogen-bond donors (Lipinski definition) is 1. The second kappa shape index (κ2) is 7.72. The van der Waals surface area contributed by atoms with Crippen molar-refractivity contribution in [2.75, 3.05) is 4.72 Å². The molecule has 1 aromatic heterocycles. The van der Waals surface area contributed by atoms with Crippen LogP contribution in [0.1, 0.15) is 50.5 Å². The van der Waals surface area contributed by atoms with Crippen LogP contribution in [0.15, 0.2) is 50.2 Å². The molecule has 4 nitrogen and oxygen atoms in total. The molecular formula is C24H28BrNO3S. The molecule has 0 saturated heterocycles. The van der Waals surface area contributed by atoms with Gasteiger partial charge in [0.2, 0.25) is 0 Å². The maximum atomic E-state index is 12.9. The van der Waals surface area contributed by atoms with Gasteiger partial charge in [-0.3, -0.25) is 4.72 Å². The normalized spacial score (nSPS) is 17.2. The molecule has 0 aliphatic heterocycles. The quantitative estimate of drug-likeness (QED) is 0.426. The molecule has 1 heterocycles. The molecule has 0 amide bonds. The van der Waals surface area contributed by atoms with Gasteiger partial charge in [0.1, 0.15) is 11.3 Å². The van der Waals surface area contributed by atoms with Gasteiger partial charge in [-0.05, 0) is 73.1 Å². The van der Waals surface area contributed by atoms with Gasteiger partial charge in [-0.25, -0.2) is 8.42 Å². The second-order valence-electron chi connectivity index (χ2n) is 9.01. The van der Waals surface area contributed by atoms with E-state index in [1.807, 2.05) is 19.1 Å². The van der Waals surface area contributed by atoms with Crippen molar-refractivity contribution in [3.63, 3.8) is 0 Å². The van der Waals surface area contributed by atoms with Crippen LogP contribution in [0.25, 0.3) is 11.0 Å². The summed E-state index contributed by atoms with van der Waals surface area (Å²) >= 11 is 3.35. The summed E-state index contributed by atoms with van der Waals surface area (Å²) in [6, 6.07) is 10.5. The number of aryl methyl sites for hydroxylation is 2. The zero-order chi connectivity index (χ0) is 21.7. The number of benzene rings is 2. The first kappa shape index (κ1) is 21.4. The van der Waals surface area contributed by atoms with Gasteiger partial charge in [-0.15, -0.1) is 0 Å². The van der Waals surface area contributed by atoms with Crippen molar-refractivity contribution in [2.45, 2.75) is 58.3 Å². The molecule has 4 rings (SSSR count). The van der Waals surface area contributed by atoms with Crippen LogP contribution in [-0.4, -0.2) is 8.42 Å². The number of fused-ring (bicyclic) bond motifs is 3. The molecule has 0 unspecified atom stereocenters. The van der Waals surface area contributed by atoms with Gasteiger partial charge in [0.05, 0.1) is 10.6 Å². The number of halogens is 1. The van der Waals surface area contributed by atoms with Gasteiger partial charge in [0.15, 0.2) is 0 Å². The predicted octanol–water partition coefficient (Wildman–Crippen LogP) is 6.85. The Morgan fingerprint density at radius 3 is 2.57 bits per heavy atom. The van der Waals surface area contributed by atoms with Gasteiger partial charge in [-0.2, -0.15) is 0 Å². The monoisotopic (exact) mass is 489 g/mol. The molecular weight excluding hydrogens is 462 g/mol. The lowest BCUT2D eigenvalue weighted by Gasteiger charge is -2.36. The molecule has 0 saturated carbocycles. The van der Waals surface area contributed by atoms with Crippen molar-refractivity contribution in [1.29, 1.82) is 0 Å². The summed E-state index contributed by atoms with van der Waals surface area (Å²) in [5, 5.41) is 1.03. The topological polar surface area (TPSA) is 59.3 Å². The van der Waals surface area contributed by atoms with Crippen LogP contribution in [0.5, 0.6) is 0 Å². The molecule has 1 N–H and O–H groups in total. The fourth-order valence-corrected chi connectivity index (χ4v) is 5.69. The minimum Gasteiger partial charge on any atom is -0.461 e. The van der Waals surface area contributed by atoms with Gasteiger partial charge in [0.25, 0.3) is 10.0 Å². The van der Waals surface area contributed by atoms with Crippen LogP contribution in [0.3, 0.4) is 0 Å². The molecule has 160 valence electrons. The fourth-order valence-electron chi connectivity index (χ4n) is 4.31. The van der Waals surface area contributed by atoms with Crippen molar-refractivity contribution in [3.05, 3.63) is 57.8 Å². The first-order chi connectivity index (χ1) is 14.1. The lowest BCUT2D eigenvalue weighted by Crippen LogP contribution is -2.28. The Morgan fingerprint density at radius 2 is 1.90 bits per heavy atom. The van der Waals surface area contributed by atoms with E-state index >= 15 is 0 Å². The van der Waals surface area contributed by atoms with E-state index in [0.717, 1.165) is 52.4 Å². The van der Waals surface area contributed by atoms with E-state index in [1.165, 1.54) is 5.56 Å². The average molecular weight is 490 g/mol. The van der Waals surface area contributed by atoms with E-state index in [1.54, 1.807) is 24.3 Å². The van der Waals surface area contributed by atoms with E-state index < -0.39 is 10.0 Å². The average Bonchev–Trinajstić information content (AvgIpc) is 3.05. The van der Waals surface area contributed by atoms with E-state index in [0.29, 0.717) is 11.6 Å². The molecule has 0 bridgehead atoms. The van der Waals surface area contributed by atoms with E-state index in [9.17, 15) is 8.42 Å². The summed E-state index contributed by atoms with van der Waals surface area (Å²) in [4.78, 5) is 0.240. The number of anilines is 1. The standard InChI is InChI=1S/C24H28BrNO3S/c1-5-24(3,4)16-6-11-22-19(13-16)20-14-21(15(2)12-23(20)29-22)26-30(27,28)18-9-7-17(25)8-10-18/h7-10,12,14,16,26H,5-6,11,13H2,1-4H3/t16-/m1/s1. The zero-order valence-electron chi connectivity index (χ0n) is 17.9. The van der Waals surface area contributed by atoms with E-state index in [4.69, 9.17) is 4.42 Å². The third kappa shape index (κ3) is 3.92. The van der Waals surface area contributed by atoms with Crippen molar-refractivity contribution >= 4 is 42.6 Å². The maximum Gasteiger partial charge on any atom is 0.261 e. The number of sulfonamides is 1. The molecule has 3 aromatic rings. The van der Waals surface area contributed by atoms with Crippen LogP contribution in [0, 0.1) is 18.3 Å². The molecule has 0 radical (unpaired) electrons. The SMILES string of the molecule is CCC(C)(C)[C@@H]1CCc2oc3cc(C)c(NS(=O)(=O)c4ccc(Br)cc4)cc3c2C1. The summed E-state index contributed by atoms with van der Waals surface area (Å²) in [6.07, 6.45) is 4.19. The fraction of sp³-hybridized carbons (Fsp3) is 0.417. The Bertz CT molecular complexity index is 1190. The highest BCUT2D eigenvalue weighted by molar-refractivity contribution is 9.10. The van der Waals surface area contributed by atoms with Crippen LogP contribution in [-0.2, 0) is 22.9 Å². The summed E-state index contributed by atoms with van der Waals surface area (Å²) in [5.74, 6) is 1.65. The maximum absolute atomic E-state index is 12.9. The highest BCUT2D eigenvalue weighted by Gasteiger charge is 2.33. The Kier molecular flexibility index (Phi) is 5.52. The summed E-state index contributed by atoms with van der Waals surface area (Å²) in [6.45, 7) is 8.84. The van der Waals surface area contributed by atoms with E-state index in [2.05, 4.69) is 41.4 Å². The number of hydrogen-bond acceptors (Lipinski definition) is 3. The molecule has 2 aromatic carbocycles. The molecule has 1 atom stereocenters. The lowest BCUT2D eigenvalue weighted by atomic mass is 9.69. The predicted molar refractivity (Wildman–Crippen MR) is 125 cm³/mol. The van der Waals surface area contributed by atoms with Crippen LogP contribution >= 0.6 is 15.9 Å². The second-order valence-corrected chi connectivity index (χ2v) is 11.6. The molecule has 1 aliphatic rings.